The molecule has 1 atom stereocenters. The van der Waals surface area contributed by atoms with Gasteiger partial charge in [-0.1, -0.05) is 17.7 Å². The van der Waals surface area contributed by atoms with Crippen LogP contribution in [-0.4, -0.2) is 17.6 Å². The number of carboxylic acids is 1. The highest BCUT2D eigenvalue weighted by Gasteiger charge is 2.20. The van der Waals surface area contributed by atoms with E-state index >= 15 is 0 Å². The molecule has 1 N–H and O–H groups in total. The van der Waals surface area contributed by atoms with Crippen LogP contribution < -0.4 is 4.90 Å². The number of nitrogens with zero attached hydrogens (tertiary/aromatic N) is 1. The number of hydrogen-bond acceptors (Lipinski definition) is 3. The first-order chi connectivity index (χ1) is 9.47. The lowest BCUT2D eigenvalue weighted by Gasteiger charge is -2.29. The number of carbonyl (C=O) groups is 1. The van der Waals surface area contributed by atoms with Gasteiger partial charge in [0.25, 0.3) is 0 Å². The number of halogens is 2. The molecule has 2 rings (SSSR count). The van der Waals surface area contributed by atoms with Crippen LogP contribution in [0.1, 0.15) is 17.8 Å². The molecule has 0 saturated heterocycles. The van der Waals surface area contributed by atoms with Gasteiger partial charge in [0.2, 0.25) is 0 Å². The quantitative estimate of drug-likeness (QED) is 0.816. The Bertz CT molecular complexity index is 617. The Morgan fingerprint density at radius 1 is 1.50 bits per heavy atom. The summed E-state index contributed by atoms with van der Waals surface area (Å²) in [6.07, 6.45) is 0. The van der Waals surface area contributed by atoms with Crippen molar-refractivity contribution in [2.24, 2.45) is 0 Å². The van der Waals surface area contributed by atoms with E-state index in [0.717, 1.165) is 15.0 Å². The second kappa shape index (κ2) is 6.61. The number of hydrogen-bond donors (Lipinski definition) is 1. The fourth-order valence-electron chi connectivity index (χ4n) is 1.95. The van der Waals surface area contributed by atoms with Gasteiger partial charge in [0.1, 0.15) is 6.54 Å². The fraction of sp³-hybridized carbons (Fsp3) is 0.214. The average Bonchev–Trinajstić information content (AvgIpc) is 2.81. The summed E-state index contributed by atoms with van der Waals surface area (Å²) in [5.41, 5.74) is 0.803. The smallest absolute Gasteiger partial charge is 0.323 e. The van der Waals surface area contributed by atoms with Crippen molar-refractivity contribution in [1.82, 2.24) is 0 Å². The number of carboxylic acid groups (broad SMARTS) is 1. The van der Waals surface area contributed by atoms with Crippen LogP contribution in [-0.2, 0) is 4.79 Å². The van der Waals surface area contributed by atoms with E-state index in [4.69, 9.17) is 16.7 Å². The summed E-state index contributed by atoms with van der Waals surface area (Å²) in [5.74, 6) is -0.868. The van der Waals surface area contributed by atoms with Gasteiger partial charge in [0, 0.05) is 25.4 Å². The van der Waals surface area contributed by atoms with Gasteiger partial charge in [-0.2, -0.15) is 0 Å². The summed E-state index contributed by atoms with van der Waals surface area (Å²) in [6, 6.07) is 9.22. The molecule has 1 unspecified atom stereocenters. The monoisotopic (exact) mass is 373 g/mol. The van der Waals surface area contributed by atoms with Gasteiger partial charge in [0.05, 0.1) is 6.04 Å². The highest BCUT2D eigenvalue weighted by Crippen LogP contribution is 2.33. The molecule has 0 aliphatic rings. The molecule has 6 heteroatoms. The molecule has 0 aliphatic carbocycles. The van der Waals surface area contributed by atoms with Crippen LogP contribution in [0, 0.1) is 0 Å². The van der Waals surface area contributed by atoms with E-state index in [1.807, 2.05) is 35.4 Å². The minimum Gasteiger partial charge on any atom is -0.480 e. The van der Waals surface area contributed by atoms with Crippen molar-refractivity contribution in [3.63, 3.8) is 0 Å². The van der Waals surface area contributed by atoms with Crippen LogP contribution in [0.15, 0.2) is 40.2 Å². The lowest BCUT2D eigenvalue weighted by Crippen LogP contribution is -2.31. The zero-order valence-electron chi connectivity index (χ0n) is 10.7. The van der Waals surface area contributed by atoms with Crippen LogP contribution in [0.2, 0.25) is 5.02 Å². The number of aliphatic carboxylic acids is 1. The third kappa shape index (κ3) is 3.75. The second-order valence-corrected chi connectivity index (χ2v) is 6.64. The number of thiophene rings is 1. The summed E-state index contributed by atoms with van der Waals surface area (Å²) in [7, 11) is 0. The molecule has 0 amide bonds. The zero-order valence-corrected chi connectivity index (χ0v) is 13.9. The molecular formula is C14H13BrClNO2S. The van der Waals surface area contributed by atoms with Gasteiger partial charge in [-0.3, -0.25) is 4.79 Å². The molecule has 0 bridgehead atoms. The van der Waals surface area contributed by atoms with E-state index in [1.54, 1.807) is 23.5 Å². The van der Waals surface area contributed by atoms with Crippen molar-refractivity contribution in [2.75, 3.05) is 11.4 Å². The maximum Gasteiger partial charge on any atom is 0.323 e. The molecule has 0 fully saturated rings. The van der Waals surface area contributed by atoms with Gasteiger partial charge in [-0.25, -0.2) is 0 Å². The first kappa shape index (κ1) is 15.4. The van der Waals surface area contributed by atoms with Crippen molar-refractivity contribution < 1.29 is 9.90 Å². The maximum atomic E-state index is 11.1. The molecule has 20 heavy (non-hydrogen) atoms. The topological polar surface area (TPSA) is 40.5 Å². The van der Waals surface area contributed by atoms with Crippen molar-refractivity contribution in [1.29, 1.82) is 0 Å². The van der Waals surface area contributed by atoms with E-state index in [0.29, 0.717) is 5.02 Å². The minimum atomic E-state index is -0.868. The summed E-state index contributed by atoms with van der Waals surface area (Å²) >= 11 is 11.0. The largest absolute Gasteiger partial charge is 0.480 e. The lowest BCUT2D eigenvalue weighted by atomic mass is 10.2. The molecule has 0 spiro atoms. The molecule has 0 radical (unpaired) electrons. The van der Waals surface area contributed by atoms with Gasteiger partial charge >= 0.3 is 5.97 Å². The average molecular weight is 375 g/mol. The number of benzene rings is 1. The van der Waals surface area contributed by atoms with Crippen LogP contribution in [0.4, 0.5) is 5.69 Å². The molecule has 2 aromatic rings. The van der Waals surface area contributed by atoms with Crippen molar-refractivity contribution in [3.8, 4) is 0 Å². The van der Waals surface area contributed by atoms with Crippen molar-refractivity contribution in [2.45, 2.75) is 13.0 Å². The molecule has 1 heterocycles. The predicted octanol–water partition coefficient (Wildman–Crippen LogP) is 4.82. The van der Waals surface area contributed by atoms with E-state index in [9.17, 15) is 4.79 Å². The molecule has 106 valence electrons. The summed E-state index contributed by atoms with van der Waals surface area (Å²) in [6.45, 7) is 1.92. The Labute approximate surface area is 134 Å². The van der Waals surface area contributed by atoms with Crippen LogP contribution in [0.5, 0.6) is 0 Å². The number of rotatable bonds is 5. The summed E-state index contributed by atoms with van der Waals surface area (Å²) < 4.78 is 1.01. The van der Waals surface area contributed by atoms with Crippen molar-refractivity contribution in [3.05, 3.63) is 50.1 Å². The molecule has 1 aromatic carbocycles. The Hall–Kier alpha value is -1.04. The van der Waals surface area contributed by atoms with E-state index in [2.05, 4.69) is 15.9 Å². The Morgan fingerprint density at radius 3 is 2.80 bits per heavy atom. The highest BCUT2D eigenvalue weighted by atomic mass is 79.9. The normalized spacial score (nSPS) is 12.2. The molecule has 1 aromatic heterocycles. The highest BCUT2D eigenvalue weighted by molar-refractivity contribution is 9.10. The summed E-state index contributed by atoms with van der Waals surface area (Å²) in [5, 5.41) is 11.7. The fourth-order valence-corrected chi connectivity index (χ4v) is 3.65. The standard InChI is InChI=1S/C14H13BrClNO2S/c1-9(13-5-10(15)8-20-13)17(7-14(18)19)12-4-2-3-11(16)6-12/h2-6,8-9H,7H2,1H3,(H,18,19). The Balaban J connectivity index is 2.34. The Morgan fingerprint density at radius 2 is 2.25 bits per heavy atom. The Kier molecular flexibility index (Phi) is 5.07. The predicted molar refractivity (Wildman–Crippen MR) is 86.9 cm³/mol. The summed E-state index contributed by atoms with van der Waals surface area (Å²) in [4.78, 5) is 14.0. The third-order valence-electron chi connectivity index (χ3n) is 2.91. The third-order valence-corrected chi connectivity index (χ3v) is 5.01. The van der Waals surface area contributed by atoms with Crippen molar-refractivity contribution >= 4 is 50.5 Å². The maximum absolute atomic E-state index is 11.1. The van der Waals surface area contributed by atoms with E-state index in [1.165, 1.54) is 0 Å². The van der Waals surface area contributed by atoms with Gasteiger partial charge < -0.3 is 10.0 Å². The SMILES string of the molecule is CC(c1cc(Br)cs1)N(CC(=O)O)c1cccc(Cl)c1. The first-order valence-electron chi connectivity index (χ1n) is 5.95. The van der Waals surface area contributed by atoms with Crippen LogP contribution >= 0.6 is 38.9 Å². The van der Waals surface area contributed by atoms with Crippen LogP contribution in [0.3, 0.4) is 0 Å². The van der Waals surface area contributed by atoms with E-state index < -0.39 is 5.97 Å². The van der Waals surface area contributed by atoms with Crippen LogP contribution in [0.25, 0.3) is 0 Å². The molecule has 0 saturated carbocycles. The molecule has 3 nitrogen and oxygen atoms in total. The molecular weight excluding hydrogens is 362 g/mol. The van der Waals surface area contributed by atoms with E-state index in [-0.39, 0.29) is 12.6 Å². The van der Waals surface area contributed by atoms with Gasteiger partial charge in [-0.05, 0) is 47.1 Å². The zero-order chi connectivity index (χ0) is 14.7. The van der Waals surface area contributed by atoms with Gasteiger partial charge in [-0.15, -0.1) is 11.3 Å². The minimum absolute atomic E-state index is 0.0409. The van der Waals surface area contributed by atoms with Gasteiger partial charge in [0.15, 0.2) is 0 Å². The lowest BCUT2D eigenvalue weighted by molar-refractivity contribution is -0.135. The molecule has 0 aliphatic heterocycles. The second-order valence-electron chi connectivity index (χ2n) is 4.34. The first-order valence-corrected chi connectivity index (χ1v) is 8.00. The number of anilines is 1.